The fraction of sp³-hybridized carbons (Fsp3) is 0.500. The number of nitriles is 1. The molecule has 98 valence electrons. The van der Waals surface area contributed by atoms with Crippen molar-refractivity contribution in [3.63, 3.8) is 0 Å². The zero-order valence-corrected chi connectivity index (χ0v) is 12.9. The Kier molecular flexibility index (Phi) is 5.64. The van der Waals surface area contributed by atoms with Crippen molar-refractivity contribution in [2.24, 2.45) is 0 Å². The molecule has 0 aliphatic rings. The van der Waals surface area contributed by atoms with Crippen molar-refractivity contribution >= 4 is 15.9 Å². The third-order valence-corrected chi connectivity index (χ3v) is 4.44. The van der Waals surface area contributed by atoms with Crippen LogP contribution in [0.3, 0.4) is 0 Å². The van der Waals surface area contributed by atoms with Crippen LogP contribution in [0.5, 0.6) is 5.75 Å². The second-order valence-electron chi connectivity index (χ2n) is 4.29. The highest BCUT2D eigenvalue weighted by atomic mass is 79.9. The lowest BCUT2D eigenvalue weighted by Crippen LogP contribution is -2.18. The first-order chi connectivity index (χ1) is 8.54. The molecule has 0 bridgehead atoms. The molecule has 4 heteroatoms. The van der Waals surface area contributed by atoms with E-state index in [0.717, 1.165) is 23.2 Å². The number of halogens is 1. The number of rotatable bonds is 5. The average molecular weight is 311 g/mol. The summed E-state index contributed by atoms with van der Waals surface area (Å²) in [5.41, 5.74) is 4.81. The molecule has 0 atom stereocenters. The summed E-state index contributed by atoms with van der Waals surface area (Å²) in [4.78, 5) is 0. The summed E-state index contributed by atoms with van der Waals surface area (Å²) in [6.07, 6.45) is 0.858. The number of nitrogens with one attached hydrogen (secondary N) is 1. The molecule has 1 aromatic carbocycles. The Morgan fingerprint density at radius 2 is 1.89 bits per heavy atom. The Hall–Kier alpha value is -1.05. The topological polar surface area (TPSA) is 45.0 Å². The molecule has 0 spiro atoms. The van der Waals surface area contributed by atoms with Gasteiger partial charge in [0, 0.05) is 11.0 Å². The molecule has 0 aliphatic heterocycles. The van der Waals surface area contributed by atoms with E-state index in [4.69, 9.17) is 10.00 Å². The summed E-state index contributed by atoms with van der Waals surface area (Å²) in [5.74, 6) is 0.965. The molecule has 0 heterocycles. The first-order valence-corrected chi connectivity index (χ1v) is 6.73. The van der Waals surface area contributed by atoms with E-state index in [1.165, 1.54) is 22.3 Å². The molecular formula is C14H19BrN2O. The lowest BCUT2D eigenvalue weighted by molar-refractivity contribution is 0.405. The van der Waals surface area contributed by atoms with Crippen LogP contribution in [0, 0.1) is 32.1 Å². The Morgan fingerprint density at radius 1 is 1.22 bits per heavy atom. The van der Waals surface area contributed by atoms with Gasteiger partial charge in [-0.05, 0) is 49.4 Å². The molecule has 0 amide bonds. The van der Waals surface area contributed by atoms with Crippen molar-refractivity contribution in [1.82, 2.24) is 5.32 Å². The highest BCUT2D eigenvalue weighted by molar-refractivity contribution is 9.10. The number of hydrogen-bond acceptors (Lipinski definition) is 3. The molecule has 0 radical (unpaired) electrons. The van der Waals surface area contributed by atoms with E-state index in [1.54, 1.807) is 7.11 Å². The van der Waals surface area contributed by atoms with Gasteiger partial charge in [-0.3, -0.25) is 0 Å². The van der Waals surface area contributed by atoms with Crippen molar-refractivity contribution < 1.29 is 4.74 Å². The van der Waals surface area contributed by atoms with Gasteiger partial charge in [-0.1, -0.05) is 15.9 Å². The van der Waals surface area contributed by atoms with Crippen LogP contribution in [0.1, 0.15) is 22.3 Å². The predicted molar refractivity (Wildman–Crippen MR) is 77.1 cm³/mol. The molecule has 1 rings (SSSR count). The number of nitrogens with zero attached hydrogens (tertiary/aromatic N) is 1. The zero-order valence-electron chi connectivity index (χ0n) is 11.4. The summed E-state index contributed by atoms with van der Waals surface area (Å²) in [6.45, 7) is 7.42. The maximum absolute atomic E-state index is 8.50. The summed E-state index contributed by atoms with van der Waals surface area (Å²) >= 11 is 3.64. The summed E-state index contributed by atoms with van der Waals surface area (Å²) < 4.78 is 6.69. The monoisotopic (exact) mass is 310 g/mol. The highest BCUT2D eigenvalue weighted by Crippen LogP contribution is 2.36. The molecule has 1 aromatic rings. The van der Waals surface area contributed by atoms with Crippen molar-refractivity contribution in [3.05, 3.63) is 26.7 Å². The number of benzene rings is 1. The van der Waals surface area contributed by atoms with Crippen LogP contribution in [0.25, 0.3) is 0 Å². The van der Waals surface area contributed by atoms with Gasteiger partial charge in [0.25, 0.3) is 0 Å². The van der Waals surface area contributed by atoms with E-state index in [0.29, 0.717) is 6.54 Å². The van der Waals surface area contributed by atoms with E-state index in [2.05, 4.69) is 48.1 Å². The lowest BCUT2D eigenvalue weighted by Gasteiger charge is -2.18. The van der Waals surface area contributed by atoms with Gasteiger partial charge in [-0.15, -0.1) is 0 Å². The standard InChI is InChI=1S/C14H19BrN2O/c1-9-10(2)14(18-4)12(11(3)13(9)15)5-7-17-8-6-16/h17H,5,7-8H2,1-4H3. The van der Waals surface area contributed by atoms with Crippen LogP contribution in [0.2, 0.25) is 0 Å². The van der Waals surface area contributed by atoms with E-state index in [9.17, 15) is 0 Å². The van der Waals surface area contributed by atoms with Crippen LogP contribution in [-0.4, -0.2) is 20.2 Å². The molecule has 0 unspecified atom stereocenters. The zero-order chi connectivity index (χ0) is 13.7. The van der Waals surface area contributed by atoms with Crippen LogP contribution >= 0.6 is 15.9 Å². The van der Waals surface area contributed by atoms with E-state index >= 15 is 0 Å². The maximum Gasteiger partial charge on any atom is 0.125 e. The van der Waals surface area contributed by atoms with Gasteiger partial charge in [-0.25, -0.2) is 0 Å². The Morgan fingerprint density at radius 3 is 2.44 bits per heavy atom. The minimum Gasteiger partial charge on any atom is -0.496 e. The molecule has 0 aliphatic carbocycles. The van der Waals surface area contributed by atoms with E-state index in [1.807, 2.05) is 0 Å². The Labute approximate surface area is 117 Å². The Bertz CT molecular complexity index is 478. The third-order valence-electron chi connectivity index (χ3n) is 3.25. The van der Waals surface area contributed by atoms with Gasteiger partial charge in [-0.2, -0.15) is 5.26 Å². The van der Waals surface area contributed by atoms with Gasteiger partial charge < -0.3 is 10.1 Å². The minimum atomic E-state index is 0.382. The van der Waals surface area contributed by atoms with Crippen LogP contribution in [0.4, 0.5) is 0 Å². The second-order valence-corrected chi connectivity index (χ2v) is 5.08. The SMILES string of the molecule is COc1c(C)c(C)c(Br)c(C)c1CCNCC#N. The van der Waals surface area contributed by atoms with Crippen LogP contribution in [0.15, 0.2) is 4.47 Å². The number of ether oxygens (including phenoxy) is 1. The molecule has 3 nitrogen and oxygen atoms in total. The van der Waals surface area contributed by atoms with E-state index < -0.39 is 0 Å². The number of methoxy groups -OCH3 is 1. The first-order valence-electron chi connectivity index (χ1n) is 5.94. The fourth-order valence-corrected chi connectivity index (χ4v) is 2.62. The summed E-state index contributed by atoms with van der Waals surface area (Å²) in [5, 5.41) is 11.6. The quantitative estimate of drug-likeness (QED) is 0.671. The third kappa shape index (κ3) is 3.04. The van der Waals surface area contributed by atoms with Crippen molar-refractivity contribution in [2.75, 3.05) is 20.2 Å². The predicted octanol–water partition coefficient (Wildman–Crippen LogP) is 3.04. The van der Waals surface area contributed by atoms with Gasteiger partial charge in [0.2, 0.25) is 0 Å². The van der Waals surface area contributed by atoms with Gasteiger partial charge in [0.05, 0.1) is 19.7 Å². The largest absolute Gasteiger partial charge is 0.496 e. The maximum atomic E-state index is 8.50. The smallest absolute Gasteiger partial charge is 0.125 e. The highest BCUT2D eigenvalue weighted by Gasteiger charge is 2.16. The van der Waals surface area contributed by atoms with Gasteiger partial charge in [0.15, 0.2) is 0 Å². The summed E-state index contributed by atoms with van der Waals surface area (Å²) in [7, 11) is 1.71. The molecule has 0 saturated heterocycles. The summed E-state index contributed by atoms with van der Waals surface area (Å²) in [6, 6.07) is 2.08. The van der Waals surface area contributed by atoms with Crippen LogP contribution < -0.4 is 10.1 Å². The molecular weight excluding hydrogens is 292 g/mol. The van der Waals surface area contributed by atoms with Crippen molar-refractivity contribution in [2.45, 2.75) is 27.2 Å². The molecule has 0 aromatic heterocycles. The second kappa shape index (κ2) is 6.77. The van der Waals surface area contributed by atoms with Crippen LogP contribution in [-0.2, 0) is 6.42 Å². The molecule has 1 N–H and O–H groups in total. The lowest BCUT2D eigenvalue weighted by atomic mass is 9.97. The van der Waals surface area contributed by atoms with Gasteiger partial charge in [0.1, 0.15) is 5.75 Å². The van der Waals surface area contributed by atoms with Gasteiger partial charge >= 0.3 is 0 Å². The minimum absolute atomic E-state index is 0.382. The van der Waals surface area contributed by atoms with E-state index in [-0.39, 0.29) is 0 Å². The molecule has 0 fully saturated rings. The molecule has 0 saturated carbocycles. The molecule has 18 heavy (non-hydrogen) atoms. The normalized spacial score (nSPS) is 10.2. The average Bonchev–Trinajstić information content (AvgIpc) is 2.38. The van der Waals surface area contributed by atoms with Crippen molar-refractivity contribution in [3.8, 4) is 11.8 Å². The first kappa shape index (κ1) is 15.0. The Balaban J connectivity index is 3.06. The number of hydrogen-bond donors (Lipinski definition) is 1. The fourth-order valence-electron chi connectivity index (χ4n) is 2.08. The van der Waals surface area contributed by atoms with Crippen molar-refractivity contribution in [1.29, 1.82) is 5.26 Å².